The molecular formula is C9H17ClN4O2S. The van der Waals surface area contributed by atoms with Gasteiger partial charge in [-0.1, -0.05) is 6.92 Å². The molecule has 1 atom stereocenters. The average molecular weight is 281 g/mol. The van der Waals surface area contributed by atoms with E-state index in [1.165, 1.54) is 11.4 Å². The van der Waals surface area contributed by atoms with E-state index in [9.17, 15) is 8.42 Å². The van der Waals surface area contributed by atoms with Gasteiger partial charge in [-0.25, -0.2) is 13.4 Å². The number of rotatable bonds is 6. The number of nitrogens with one attached hydrogen (secondary N) is 1. The highest BCUT2D eigenvalue weighted by Crippen LogP contribution is 2.09. The van der Waals surface area contributed by atoms with E-state index in [-0.39, 0.29) is 18.2 Å². The van der Waals surface area contributed by atoms with Gasteiger partial charge in [0.15, 0.2) is 5.82 Å². The zero-order valence-electron chi connectivity index (χ0n) is 10.1. The lowest BCUT2D eigenvalue weighted by atomic mass is 10.3. The minimum absolute atomic E-state index is 0.0381. The number of aromatic nitrogens is 3. The molecule has 1 aromatic heterocycles. The Morgan fingerprint density at radius 3 is 2.65 bits per heavy atom. The molecule has 0 aliphatic carbocycles. The molecule has 1 rings (SSSR count). The van der Waals surface area contributed by atoms with Gasteiger partial charge in [0.1, 0.15) is 5.82 Å². The van der Waals surface area contributed by atoms with Crippen LogP contribution in [0.1, 0.15) is 18.6 Å². The van der Waals surface area contributed by atoms with Gasteiger partial charge in [0.2, 0.25) is 10.0 Å². The maximum atomic E-state index is 11.9. The van der Waals surface area contributed by atoms with Crippen molar-refractivity contribution in [2.45, 2.75) is 20.4 Å². The number of nitrogens with zero attached hydrogens (tertiary/aromatic N) is 3. The number of sulfonamides is 1. The normalized spacial score (nSPS) is 14.2. The number of H-pyrrole nitrogens is 1. The van der Waals surface area contributed by atoms with Crippen LogP contribution in [0.2, 0.25) is 0 Å². The van der Waals surface area contributed by atoms with Gasteiger partial charge >= 0.3 is 0 Å². The van der Waals surface area contributed by atoms with E-state index in [1.807, 2.05) is 0 Å². The van der Waals surface area contributed by atoms with Crippen LogP contribution in [0.3, 0.4) is 0 Å². The van der Waals surface area contributed by atoms with E-state index in [0.717, 1.165) is 0 Å². The molecule has 1 aromatic rings. The summed E-state index contributed by atoms with van der Waals surface area (Å²) in [7, 11) is -1.79. The summed E-state index contributed by atoms with van der Waals surface area (Å²) < 4.78 is 25.1. The molecule has 0 amide bonds. The van der Waals surface area contributed by atoms with Crippen LogP contribution >= 0.6 is 11.6 Å². The molecule has 0 aliphatic heterocycles. The first-order valence-electron chi connectivity index (χ1n) is 5.23. The zero-order chi connectivity index (χ0) is 13.1. The molecule has 1 heterocycles. The fraction of sp³-hybridized carbons (Fsp3) is 0.778. The first-order chi connectivity index (χ1) is 7.85. The SMILES string of the molecule is Cc1nc(CN(C)S(=O)(=O)CC(C)CCl)n[nH]1. The quantitative estimate of drug-likeness (QED) is 0.780. The van der Waals surface area contributed by atoms with Gasteiger partial charge in [0.05, 0.1) is 12.3 Å². The second kappa shape index (κ2) is 5.79. The lowest BCUT2D eigenvalue weighted by Crippen LogP contribution is -2.31. The van der Waals surface area contributed by atoms with Crippen LogP contribution in [0.15, 0.2) is 0 Å². The van der Waals surface area contributed by atoms with Crippen molar-refractivity contribution in [1.82, 2.24) is 19.5 Å². The second-order valence-corrected chi connectivity index (χ2v) is 6.56. The standard InChI is InChI=1S/C9H17ClN4O2S/c1-7(4-10)6-17(15,16)14(3)5-9-11-8(2)12-13-9/h7H,4-6H2,1-3H3,(H,11,12,13). The van der Waals surface area contributed by atoms with Gasteiger partial charge in [-0.2, -0.15) is 9.40 Å². The number of alkyl halides is 1. The second-order valence-electron chi connectivity index (χ2n) is 4.13. The molecule has 0 aliphatic rings. The van der Waals surface area contributed by atoms with Crippen LogP contribution in [0.5, 0.6) is 0 Å². The van der Waals surface area contributed by atoms with E-state index < -0.39 is 10.0 Å². The van der Waals surface area contributed by atoms with Crippen LogP contribution < -0.4 is 0 Å². The lowest BCUT2D eigenvalue weighted by molar-refractivity contribution is 0.451. The Kier molecular flexibility index (Phi) is 4.91. The first kappa shape index (κ1) is 14.4. The summed E-state index contributed by atoms with van der Waals surface area (Å²) in [5, 5.41) is 6.57. The number of hydrogen-bond donors (Lipinski definition) is 1. The minimum Gasteiger partial charge on any atom is -0.263 e. The summed E-state index contributed by atoms with van der Waals surface area (Å²) in [4.78, 5) is 4.06. The highest BCUT2D eigenvalue weighted by molar-refractivity contribution is 7.89. The van der Waals surface area contributed by atoms with Crippen LogP contribution in [0.4, 0.5) is 0 Å². The summed E-state index contributed by atoms with van der Waals surface area (Å²) in [6.45, 7) is 3.73. The summed E-state index contributed by atoms with van der Waals surface area (Å²) in [6.07, 6.45) is 0. The summed E-state index contributed by atoms with van der Waals surface area (Å²) in [5.74, 6) is 1.42. The molecule has 0 fully saturated rings. The number of aryl methyl sites for hydroxylation is 1. The Labute approximate surface area is 106 Å². The fourth-order valence-electron chi connectivity index (χ4n) is 1.29. The van der Waals surface area contributed by atoms with Crippen molar-refractivity contribution in [3.8, 4) is 0 Å². The van der Waals surface area contributed by atoms with Crippen molar-refractivity contribution in [3.05, 3.63) is 11.6 Å². The molecule has 1 N–H and O–H groups in total. The molecule has 0 radical (unpaired) electrons. The Morgan fingerprint density at radius 1 is 1.53 bits per heavy atom. The monoisotopic (exact) mass is 280 g/mol. The van der Waals surface area contributed by atoms with E-state index in [2.05, 4.69) is 15.2 Å². The fourth-order valence-corrected chi connectivity index (χ4v) is 2.93. The molecule has 6 nitrogen and oxygen atoms in total. The van der Waals surface area contributed by atoms with E-state index in [4.69, 9.17) is 11.6 Å². The number of aromatic amines is 1. The lowest BCUT2D eigenvalue weighted by Gasteiger charge is -2.17. The minimum atomic E-state index is -3.31. The maximum absolute atomic E-state index is 11.9. The third kappa shape index (κ3) is 4.25. The number of hydrogen-bond acceptors (Lipinski definition) is 4. The van der Waals surface area contributed by atoms with Crippen molar-refractivity contribution in [2.24, 2.45) is 5.92 Å². The Hall–Kier alpha value is -0.660. The van der Waals surface area contributed by atoms with Gasteiger partial charge in [0.25, 0.3) is 0 Å². The maximum Gasteiger partial charge on any atom is 0.214 e. The van der Waals surface area contributed by atoms with Crippen LogP contribution in [0.25, 0.3) is 0 Å². The van der Waals surface area contributed by atoms with Crippen LogP contribution in [-0.2, 0) is 16.6 Å². The van der Waals surface area contributed by atoms with Gasteiger partial charge in [-0.05, 0) is 12.8 Å². The molecule has 0 saturated carbocycles. The van der Waals surface area contributed by atoms with Gasteiger partial charge in [-0.3, -0.25) is 5.10 Å². The topological polar surface area (TPSA) is 79.0 Å². The van der Waals surface area contributed by atoms with Crippen LogP contribution in [-0.4, -0.2) is 46.6 Å². The summed E-state index contributed by atoms with van der Waals surface area (Å²) >= 11 is 5.61. The van der Waals surface area contributed by atoms with Crippen LogP contribution in [0, 0.1) is 12.8 Å². The molecular weight excluding hydrogens is 264 g/mol. The van der Waals surface area contributed by atoms with Crippen molar-refractivity contribution >= 4 is 21.6 Å². The third-order valence-electron chi connectivity index (χ3n) is 2.24. The Morgan fingerprint density at radius 2 is 2.18 bits per heavy atom. The van der Waals surface area contributed by atoms with Crippen molar-refractivity contribution in [2.75, 3.05) is 18.7 Å². The van der Waals surface area contributed by atoms with E-state index >= 15 is 0 Å². The predicted octanol–water partition coefficient (Wildman–Crippen LogP) is 0.750. The van der Waals surface area contributed by atoms with Gasteiger partial charge in [-0.15, -0.1) is 11.6 Å². The molecule has 17 heavy (non-hydrogen) atoms. The Bertz CT molecular complexity index is 459. The summed E-state index contributed by atoms with van der Waals surface area (Å²) in [5.41, 5.74) is 0. The first-order valence-corrected chi connectivity index (χ1v) is 7.37. The molecule has 0 spiro atoms. The predicted molar refractivity (Wildman–Crippen MR) is 66.3 cm³/mol. The molecule has 98 valence electrons. The molecule has 0 saturated heterocycles. The van der Waals surface area contributed by atoms with Crippen molar-refractivity contribution in [3.63, 3.8) is 0 Å². The highest BCUT2D eigenvalue weighted by atomic mass is 35.5. The smallest absolute Gasteiger partial charge is 0.214 e. The highest BCUT2D eigenvalue weighted by Gasteiger charge is 2.22. The van der Waals surface area contributed by atoms with Crippen molar-refractivity contribution < 1.29 is 8.42 Å². The van der Waals surface area contributed by atoms with E-state index in [0.29, 0.717) is 17.5 Å². The average Bonchev–Trinajstić information content (AvgIpc) is 2.63. The molecule has 1 unspecified atom stereocenters. The Balaban J connectivity index is 2.66. The van der Waals surface area contributed by atoms with Gasteiger partial charge < -0.3 is 0 Å². The molecule has 8 heteroatoms. The molecule has 0 bridgehead atoms. The molecule has 0 aromatic carbocycles. The zero-order valence-corrected chi connectivity index (χ0v) is 11.7. The van der Waals surface area contributed by atoms with Crippen molar-refractivity contribution in [1.29, 1.82) is 0 Å². The third-order valence-corrected chi connectivity index (χ3v) is 4.84. The number of halogens is 1. The largest absolute Gasteiger partial charge is 0.263 e. The van der Waals surface area contributed by atoms with E-state index in [1.54, 1.807) is 13.8 Å². The van der Waals surface area contributed by atoms with Gasteiger partial charge in [0, 0.05) is 12.9 Å². The summed E-state index contributed by atoms with van der Waals surface area (Å²) in [6, 6.07) is 0.